The van der Waals surface area contributed by atoms with Gasteiger partial charge in [0.1, 0.15) is 22.2 Å². The lowest BCUT2D eigenvalue weighted by molar-refractivity contribution is -0.150. The number of benzene rings is 2. The minimum absolute atomic E-state index is 0.202. The summed E-state index contributed by atoms with van der Waals surface area (Å²) in [5.74, 6) is -1.92. The molecule has 12 heteroatoms. The summed E-state index contributed by atoms with van der Waals surface area (Å²) >= 11 is 0. The number of ether oxygens (including phenoxy) is 3. The van der Waals surface area contributed by atoms with E-state index in [4.69, 9.17) is 14.2 Å². The Hall–Kier alpha value is -5.78. The number of hydrogen-bond acceptors (Lipinski definition) is 9. The van der Waals surface area contributed by atoms with E-state index in [1.807, 2.05) is 55.5 Å². The van der Waals surface area contributed by atoms with Gasteiger partial charge in [0.2, 0.25) is 11.8 Å². The van der Waals surface area contributed by atoms with Gasteiger partial charge in [0.05, 0.1) is 19.8 Å². The maximum atomic E-state index is 12.9. The van der Waals surface area contributed by atoms with Gasteiger partial charge >= 0.3 is 11.9 Å². The van der Waals surface area contributed by atoms with Gasteiger partial charge in [-0.05, 0) is 67.3 Å². The van der Waals surface area contributed by atoms with Crippen LogP contribution in [0.3, 0.4) is 0 Å². The number of hydrogen-bond donors (Lipinski definition) is 3. The molecule has 0 saturated heterocycles. The lowest BCUT2D eigenvalue weighted by Crippen LogP contribution is -2.56. The molecule has 0 spiro atoms. The maximum Gasteiger partial charge on any atom is 0.332 e. The number of aliphatic carboxylic acids is 1. The zero-order chi connectivity index (χ0) is 35.7. The molecule has 2 aliphatic rings. The minimum Gasteiger partial charge on any atom is -0.479 e. The Balaban J connectivity index is 0.000000195. The molecule has 3 N–H and O–H groups in total. The molecule has 12 nitrogen and oxygen atoms in total. The zero-order valence-corrected chi connectivity index (χ0v) is 28.2. The molecule has 0 aliphatic heterocycles. The van der Waals surface area contributed by atoms with E-state index in [1.165, 1.54) is 6.20 Å². The normalized spacial score (nSPS) is 14.5. The Morgan fingerprint density at radius 2 is 1.02 bits per heavy atom. The van der Waals surface area contributed by atoms with Gasteiger partial charge in [0.25, 0.3) is 11.8 Å². The number of amides is 2. The van der Waals surface area contributed by atoms with Gasteiger partial charge in [0.15, 0.2) is 0 Å². The molecule has 0 saturated carbocycles. The standard InChI is InChI=1S/C20H22N2O4.C18H18N2O4/c1-3-25-18-16(10-7-11-21-18)17(23)22-20(19(24)26-4-2)12-14-8-5-6-9-15(14)13-20;1-2-24-16-14(8-5-9-19-16)15(21)20-18(17(22)23)10-12-6-3-4-7-13(12)11-18/h5-11H,3-4,12-13H2,1-2H3,(H,22,23);3-9H,2,10-11H2,1H3,(H,20,21)(H,22,23). The summed E-state index contributed by atoms with van der Waals surface area (Å²) < 4.78 is 16.1. The van der Waals surface area contributed by atoms with Crippen LogP contribution in [-0.2, 0) is 40.0 Å². The van der Waals surface area contributed by atoms with E-state index in [2.05, 4.69) is 20.6 Å². The summed E-state index contributed by atoms with van der Waals surface area (Å²) in [6.07, 6.45) is 4.41. The highest BCUT2D eigenvalue weighted by Gasteiger charge is 2.47. The Bertz CT molecular complexity index is 1830. The molecular weight excluding hydrogens is 640 g/mol. The summed E-state index contributed by atoms with van der Waals surface area (Å²) in [7, 11) is 0. The molecule has 2 heterocycles. The highest BCUT2D eigenvalue weighted by Crippen LogP contribution is 2.33. The molecule has 4 aromatic rings. The second-order valence-electron chi connectivity index (χ2n) is 11.9. The van der Waals surface area contributed by atoms with E-state index < -0.39 is 34.8 Å². The molecule has 0 atom stereocenters. The molecule has 0 unspecified atom stereocenters. The van der Waals surface area contributed by atoms with Crippen LogP contribution < -0.4 is 20.1 Å². The lowest BCUT2D eigenvalue weighted by Gasteiger charge is -2.28. The summed E-state index contributed by atoms with van der Waals surface area (Å²) in [5.41, 5.74) is 2.03. The van der Waals surface area contributed by atoms with E-state index in [9.17, 15) is 24.3 Å². The third-order valence-electron chi connectivity index (χ3n) is 8.58. The first-order chi connectivity index (χ1) is 24.1. The van der Waals surface area contributed by atoms with Gasteiger partial charge in [-0.25, -0.2) is 19.6 Å². The van der Waals surface area contributed by atoms with E-state index in [-0.39, 0.29) is 36.8 Å². The van der Waals surface area contributed by atoms with Crippen LogP contribution in [0.1, 0.15) is 63.7 Å². The van der Waals surface area contributed by atoms with Crippen LogP contribution in [0.5, 0.6) is 11.8 Å². The van der Waals surface area contributed by atoms with E-state index in [0.29, 0.717) is 31.6 Å². The van der Waals surface area contributed by atoms with Gasteiger partial charge in [-0.1, -0.05) is 48.5 Å². The molecule has 6 rings (SSSR count). The van der Waals surface area contributed by atoms with Gasteiger partial charge in [-0.3, -0.25) is 9.59 Å². The van der Waals surface area contributed by atoms with Crippen LogP contribution in [-0.4, -0.2) is 69.7 Å². The van der Waals surface area contributed by atoms with Crippen LogP contribution >= 0.6 is 0 Å². The van der Waals surface area contributed by atoms with Crippen LogP contribution in [0.2, 0.25) is 0 Å². The number of pyridine rings is 2. The fraction of sp³-hybridized carbons (Fsp3) is 0.316. The molecular formula is C38H40N4O8. The van der Waals surface area contributed by atoms with Gasteiger partial charge in [0, 0.05) is 38.1 Å². The number of nitrogens with zero attached hydrogens (tertiary/aromatic N) is 2. The van der Waals surface area contributed by atoms with Crippen LogP contribution in [0.15, 0.2) is 85.2 Å². The highest BCUT2D eigenvalue weighted by molar-refractivity contribution is 6.01. The molecule has 2 amide bonds. The first-order valence-electron chi connectivity index (χ1n) is 16.5. The topological polar surface area (TPSA) is 166 Å². The molecule has 2 aromatic carbocycles. The number of esters is 1. The van der Waals surface area contributed by atoms with Crippen molar-refractivity contribution in [2.24, 2.45) is 0 Å². The highest BCUT2D eigenvalue weighted by atomic mass is 16.5. The number of fused-ring (bicyclic) bond motifs is 2. The molecule has 0 bridgehead atoms. The first-order valence-corrected chi connectivity index (χ1v) is 16.5. The summed E-state index contributed by atoms with van der Waals surface area (Å²) in [5, 5.41) is 15.3. The Kier molecular flexibility index (Phi) is 11.1. The monoisotopic (exact) mass is 680 g/mol. The van der Waals surface area contributed by atoms with Crippen molar-refractivity contribution in [3.05, 3.63) is 119 Å². The number of carboxylic acid groups (broad SMARTS) is 1. The number of carbonyl (C=O) groups excluding carboxylic acids is 3. The van der Waals surface area contributed by atoms with Crippen molar-refractivity contribution in [1.82, 2.24) is 20.6 Å². The van der Waals surface area contributed by atoms with Crippen molar-refractivity contribution in [1.29, 1.82) is 0 Å². The van der Waals surface area contributed by atoms with E-state index >= 15 is 0 Å². The second-order valence-corrected chi connectivity index (χ2v) is 11.9. The number of carboxylic acids is 1. The zero-order valence-electron chi connectivity index (χ0n) is 28.2. The average Bonchev–Trinajstić information content (AvgIpc) is 3.69. The SMILES string of the molecule is CCOC(=O)C1(NC(=O)c2cccnc2OCC)Cc2ccccc2C1.CCOc1ncccc1C(=O)NC1(C(=O)O)Cc2ccccc2C1. The van der Waals surface area contributed by atoms with Crippen molar-refractivity contribution >= 4 is 23.8 Å². The molecule has 0 radical (unpaired) electrons. The molecule has 260 valence electrons. The minimum atomic E-state index is -1.35. The van der Waals surface area contributed by atoms with Crippen molar-refractivity contribution in [2.45, 2.75) is 57.5 Å². The number of aromatic nitrogens is 2. The fourth-order valence-electron chi connectivity index (χ4n) is 6.28. The van der Waals surface area contributed by atoms with Gasteiger partial charge in [-0.15, -0.1) is 0 Å². The number of nitrogens with one attached hydrogen (secondary N) is 2. The summed E-state index contributed by atoms with van der Waals surface area (Å²) in [6.45, 7) is 6.39. The summed E-state index contributed by atoms with van der Waals surface area (Å²) in [6, 6.07) is 21.8. The van der Waals surface area contributed by atoms with Crippen LogP contribution in [0, 0.1) is 0 Å². The average molecular weight is 681 g/mol. The van der Waals surface area contributed by atoms with E-state index in [1.54, 1.807) is 44.3 Å². The summed E-state index contributed by atoms with van der Waals surface area (Å²) in [4.78, 5) is 58.4. The molecule has 0 fully saturated rings. The Labute approximate surface area is 290 Å². The third kappa shape index (κ3) is 7.59. The lowest BCUT2D eigenvalue weighted by atomic mass is 9.95. The quantitative estimate of drug-likeness (QED) is 0.196. The van der Waals surface area contributed by atoms with Crippen molar-refractivity contribution in [3.63, 3.8) is 0 Å². The predicted molar refractivity (Wildman–Crippen MR) is 183 cm³/mol. The number of carbonyl (C=O) groups is 4. The van der Waals surface area contributed by atoms with Crippen molar-refractivity contribution < 1.29 is 38.5 Å². The Morgan fingerprint density at radius 1 is 0.620 bits per heavy atom. The van der Waals surface area contributed by atoms with Crippen molar-refractivity contribution in [2.75, 3.05) is 19.8 Å². The van der Waals surface area contributed by atoms with Gasteiger partial charge < -0.3 is 30.0 Å². The third-order valence-corrected chi connectivity index (χ3v) is 8.58. The predicted octanol–water partition coefficient (Wildman–Crippen LogP) is 4.14. The second kappa shape index (κ2) is 15.6. The van der Waals surface area contributed by atoms with Crippen LogP contribution in [0.4, 0.5) is 0 Å². The molecule has 50 heavy (non-hydrogen) atoms. The fourth-order valence-corrected chi connectivity index (χ4v) is 6.28. The van der Waals surface area contributed by atoms with E-state index in [0.717, 1.165) is 22.3 Å². The molecule has 2 aliphatic carbocycles. The Morgan fingerprint density at radius 3 is 1.40 bits per heavy atom. The van der Waals surface area contributed by atoms with Crippen LogP contribution in [0.25, 0.3) is 0 Å². The van der Waals surface area contributed by atoms with Crippen molar-refractivity contribution in [3.8, 4) is 11.8 Å². The smallest absolute Gasteiger partial charge is 0.332 e. The largest absolute Gasteiger partial charge is 0.479 e. The molecule has 2 aromatic heterocycles. The van der Waals surface area contributed by atoms with Gasteiger partial charge in [-0.2, -0.15) is 0 Å². The first kappa shape index (κ1) is 35.5. The maximum absolute atomic E-state index is 12.9. The number of rotatable bonds is 11.